The molecule has 1 amide bonds. The van der Waals surface area contributed by atoms with Gasteiger partial charge >= 0.3 is 0 Å². The van der Waals surface area contributed by atoms with Crippen molar-refractivity contribution in [3.8, 4) is 0 Å². The highest BCUT2D eigenvalue weighted by Crippen LogP contribution is 2.13. The van der Waals surface area contributed by atoms with Gasteiger partial charge in [-0.1, -0.05) is 84.5 Å². The van der Waals surface area contributed by atoms with Gasteiger partial charge in [-0.15, -0.1) is 0 Å². The fourth-order valence-corrected chi connectivity index (χ4v) is 2.99. The van der Waals surface area contributed by atoms with Crippen molar-refractivity contribution in [2.24, 2.45) is 0 Å². The normalized spacial score (nSPS) is 13.7. The summed E-state index contributed by atoms with van der Waals surface area (Å²) in [5, 5.41) is 22.1. The highest BCUT2D eigenvalue weighted by atomic mass is 16.3. The van der Waals surface area contributed by atoms with Crippen molar-refractivity contribution in [1.82, 2.24) is 5.32 Å². The second-order valence-electron chi connectivity index (χ2n) is 7.00. The molecule has 0 aliphatic heterocycles. The molecule has 0 aliphatic carbocycles. The maximum absolute atomic E-state index is 11.5. The topological polar surface area (TPSA) is 69.6 Å². The van der Waals surface area contributed by atoms with E-state index in [-0.39, 0.29) is 12.5 Å². The Morgan fingerprint density at radius 3 is 1.79 bits per heavy atom. The van der Waals surface area contributed by atoms with Crippen LogP contribution in [0.4, 0.5) is 0 Å². The smallest absolute Gasteiger partial charge is 0.220 e. The van der Waals surface area contributed by atoms with Gasteiger partial charge in [0.2, 0.25) is 5.91 Å². The molecule has 0 spiro atoms. The predicted octanol–water partition coefficient (Wildman–Crippen LogP) is 4.33. The standard InChI is InChI=1S/C20H41NO3/c1-3-5-6-7-8-9-10-11-12-13-14-16-19(23)18(17-22)21-20(24)15-4-2/h18-19,22-23H,3-17H2,1-2H3,(H,21,24). The zero-order chi connectivity index (χ0) is 18.0. The van der Waals surface area contributed by atoms with Gasteiger partial charge in [0.1, 0.15) is 0 Å². The van der Waals surface area contributed by atoms with E-state index in [9.17, 15) is 15.0 Å². The Kier molecular flexibility index (Phi) is 16.8. The highest BCUT2D eigenvalue weighted by molar-refractivity contribution is 5.76. The monoisotopic (exact) mass is 343 g/mol. The fourth-order valence-electron chi connectivity index (χ4n) is 2.99. The Balaban J connectivity index is 3.52. The van der Waals surface area contributed by atoms with Crippen LogP contribution in [-0.4, -0.2) is 34.9 Å². The van der Waals surface area contributed by atoms with Crippen LogP contribution in [0.15, 0.2) is 0 Å². The molecular formula is C20H41NO3. The minimum absolute atomic E-state index is 0.0884. The van der Waals surface area contributed by atoms with Gasteiger partial charge in [0.25, 0.3) is 0 Å². The summed E-state index contributed by atoms with van der Waals surface area (Å²) in [7, 11) is 0. The summed E-state index contributed by atoms with van der Waals surface area (Å²) in [4.78, 5) is 11.5. The molecule has 144 valence electrons. The quantitative estimate of drug-likeness (QED) is 0.344. The summed E-state index contributed by atoms with van der Waals surface area (Å²) in [5.41, 5.74) is 0. The van der Waals surface area contributed by atoms with Crippen LogP contribution in [0.2, 0.25) is 0 Å². The Labute approximate surface area is 149 Å². The van der Waals surface area contributed by atoms with Crippen molar-refractivity contribution in [3.05, 3.63) is 0 Å². The third kappa shape index (κ3) is 13.8. The van der Waals surface area contributed by atoms with Crippen LogP contribution >= 0.6 is 0 Å². The Morgan fingerprint density at radius 2 is 1.33 bits per heavy atom. The van der Waals surface area contributed by atoms with E-state index >= 15 is 0 Å². The van der Waals surface area contributed by atoms with Gasteiger partial charge in [0.15, 0.2) is 0 Å². The minimum atomic E-state index is -0.644. The van der Waals surface area contributed by atoms with E-state index < -0.39 is 12.1 Å². The number of carbonyl (C=O) groups excluding carboxylic acids is 1. The van der Waals surface area contributed by atoms with Crippen molar-refractivity contribution in [2.45, 2.75) is 116 Å². The summed E-state index contributed by atoms with van der Waals surface area (Å²) >= 11 is 0. The summed E-state index contributed by atoms with van der Waals surface area (Å²) in [6, 6.07) is -0.521. The lowest BCUT2D eigenvalue weighted by Gasteiger charge is -2.22. The molecular weight excluding hydrogens is 302 g/mol. The second kappa shape index (κ2) is 17.2. The van der Waals surface area contributed by atoms with Crippen LogP contribution in [0, 0.1) is 0 Å². The zero-order valence-electron chi connectivity index (χ0n) is 16.1. The van der Waals surface area contributed by atoms with E-state index in [4.69, 9.17) is 0 Å². The second-order valence-corrected chi connectivity index (χ2v) is 7.00. The Hall–Kier alpha value is -0.610. The van der Waals surface area contributed by atoms with Crippen LogP contribution in [0.1, 0.15) is 104 Å². The molecule has 0 saturated heterocycles. The van der Waals surface area contributed by atoms with E-state index in [1.165, 1.54) is 57.8 Å². The first-order valence-corrected chi connectivity index (χ1v) is 10.2. The van der Waals surface area contributed by atoms with Gasteiger partial charge in [-0.3, -0.25) is 4.79 Å². The molecule has 0 bridgehead atoms. The minimum Gasteiger partial charge on any atom is -0.394 e. The van der Waals surface area contributed by atoms with Crippen LogP contribution in [0.25, 0.3) is 0 Å². The van der Waals surface area contributed by atoms with Crippen LogP contribution in [0.3, 0.4) is 0 Å². The van der Waals surface area contributed by atoms with E-state index in [1.807, 2.05) is 6.92 Å². The zero-order valence-corrected chi connectivity index (χ0v) is 16.1. The molecule has 0 radical (unpaired) electrons. The van der Waals surface area contributed by atoms with Crippen molar-refractivity contribution in [2.75, 3.05) is 6.61 Å². The van der Waals surface area contributed by atoms with Gasteiger partial charge in [0.05, 0.1) is 18.8 Å². The SMILES string of the molecule is CCCCCCCCCCCCCC(O)C(CO)NC(=O)CCC. The maximum atomic E-state index is 11.5. The molecule has 24 heavy (non-hydrogen) atoms. The fraction of sp³-hybridized carbons (Fsp3) is 0.950. The van der Waals surface area contributed by atoms with Crippen molar-refractivity contribution in [1.29, 1.82) is 0 Å². The van der Waals surface area contributed by atoms with E-state index in [0.717, 1.165) is 19.3 Å². The maximum Gasteiger partial charge on any atom is 0.220 e. The number of hydrogen-bond acceptors (Lipinski definition) is 3. The van der Waals surface area contributed by atoms with Crippen molar-refractivity contribution >= 4 is 5.91 Å². The lowest BCUT2D eigenvalue weighted by Crippen LogP contribution is -2.45. The first kappa shape index (κ1) is 23.4. The Bertz CT molecular complexity index is 284. The molecule has 0 aromatic carbocycles. The van der Waals surface area contributed by atoms with E-state index in [1.54, 1.807) is 0 Å². The number of aliphatic hydroxyl groups is 2. The summed E-state index contributed by atoms with van der Waals surface area (Å²) in [5.74, 6) is -0.0884. The number of carbonyl (C=O) groups is 1. The van der Waals surface area contributed by atoms with E-state index in [0.29, 0.717) is 12.8 Å². The van der Waals surface area contributed by atoms with Crippen molar-refractivity contribution in [3.63, 3.8) is 0 Å². The van der Waals surface area contributed by atoms with Crippen molar-refractivity contribution < 1.29 is 15.0 Å². The molecule has 4 heteroatoms. The molecule has 0 fully saturated rings. The first-order chi connectivity index (χ1) is 11.7. The lowest BCUT2D eigenvalue weighted by atomic mass is 10.0. The number of amides is 1. The largest absolute Gasteiger partial charge is 0.394 e. The van der Waals surface area contributed by atoms with Gasteiger partial charge in [-0.2, -0.15) is 0 Å². The van der Waals surface area contributed by atoms with Crippen LogP contribution in [-0.2, 0) is 4.79 Å². The summed E-state index contributed by atoms with van der Waals surface area (Å²) < 4.78 is 0. The highest BCUT2D eigenvalue weighted by Gasteiger charge is 2.19. The lowest BCUT2D eigenvalue weighted by molar-refractivity contribution is -0.123. The molecule has 3 N–H and O–H groups in total. The number of nitrogens with one attached hydrogen (secondary N) is 1. The number of hydrogen-bond donors (Lipinski definition) is 3. The summed E-state index contributed by atoms with van der Waals surface area (Å²) in [6.45, 7) is 3.99. The average Bonchev–Trinajstić information content (AvgIpc) is 2.57. The van der Waals surface area contributed by atoms with Crippen LogP contribution < -0.4 is 5.32 Å². The number of aliphatic hydroxyl groups excluding tert-OH is 2. The van der Waals surface area contributed by atoms with Crippen LogP contribution in [0.5, 0.6) is 0 Å². The molecule has 2 unspecified atom stereocenters. The number of unbranched alkanes of at least 4 members (excludes halogenated alkanes) is 10. The number of rotatable bonds is 17. The Morgan fingerprint density at radius 1 is 0.833 bits per heavy atom. The molecule has 0 saturated carbocycles. The first-order valence-electron chi connectivity index (χ1n) is 10.2. The van der Waals surface area contributed by atoms with Gasteiger partial charge in [-0.25, -0.2) is 0 Å². The van der Waals surface area contributed by atoms with Gasteiger partial charge < -0.3 is 15.5 Å². The molecule has 0 rings (SSSR count). The molecule has 0 aliphatic rings. The van der Waals surface area contributed by atoms with E-state index in [2.05, 4.69) is 12.2 Å². The average molecular weight is 344 g/mol. The molecule has 0 aromatic rings. The van der Waals surface area contributed by atoms with Gasteiger partial charge in [0, 0.05) is 6.42 Å². The molecule has 0 aromatic heterocycles. The third-order valence-electron chi connectivity index (χ3n) is 4.59. The molecule has 2 atom stereocenters. The van der Waals surface area contributed by atoms with Gasteiger partial charge in [-0.05, 0) is 12.8 Å². The predicted molar refractivity (Wildman–Crippen MR) is 101 cm³/mol. The third-order valence-corrected chi connectivity index (χ3v) is 4.59. The molecule has 0 heterocycles. The molecule has 4 nitrogen and oxygen atoms in total. The summed E-state index contributed by atoms with van der Waals surface area (Å²) in [6.07, 6.45) is 15.3.